The number of fused-ring (bicyclic) bond motifs is 1. The third-order valence-corrected chi connectivity index (χ3v) is 3.30. The van der Waals surface area contributed by atoms with Gasteiger partial charge in [0.05, 0.1) is 12.9 Å². The van der Waals surface area contributed by atoms with E-state index in [0.29, 0.717) is 30.1 Å². The summed E-state index contributed by atoms with van der Waals surface area (Å²) in [5.74, 6) is 0.697. The van der Waals surface area contributed by atoms with Gasteiger partial charge in [-0.1, -0.05) is 0 Å². The predicted octanol–water partition coefficient (Wildman–Crippen LogP) is 1.52. The van der Waals surface area contributed by atoms with Crippen molar-refractivity contribution in [3.8, 4) is 0 Å². The summed E-state index contributed by atoms with van der Waals surface area (Å²) in [6, 6.07) is 0.250. The topological polar surface area (TPSA) is 102 Å². The van der Waals surface area contributed by atoms with Gasteiger partial charge in [0.2, 0.25) is 7.37 Å². The van der Waals surface area contributed by atoms with Crippen molar-refractivity contribution in [3.63, 3.8) is 0 Å². The SMILES string of the molecule is CC(C)Nc1ncnc2c1ncn2CCOCP(C)(=O)O. The maximum atomic E-state index is 11.1. The van der Waals surface area contributed by atoms with Gasteiger partial charge in [0.1, 0.15) is 18.2 Å². The Morgan fingerprint density at radius 1 is 1.43 bits per heavy atom. The van der Waals surface area contributed by atoms with E-state index in [1.807, 2.05) is 18.4 Å². The summed E-state index contributed by atoms with van der Waals surface area (Å²) < 4.78 is 18.1. The van der Waals surface area contributed by atoms with Crippen LogP contribution in [0.15, 0.2) is 12.7 Å². The Morgan fingerprint density at radius 2 is 2.19 bits per heavy atom. The molecule has 1 unspecified atom stereocenters. The lowest BCUT2D eigenvalue weighted by molar-refractivity contribution is 0.160. The highest BCUT2D eigenvalue weighted by Crippen LogP contribution is 2.34. The number of hydrogen-bond acceptors (Lipinski definition) is 6. The van der Waals surface area contributed by atoms with E-state index in [2.05, 4.69) is 20.3 Å². The molecule has 21 heavy (non-hydrogen) atoms. The van der Waals surface area contributed by atoms with E-state index < -0.39 is 7.37 Å². The molecular formula is C12H20N5O3P. The number of ether oxygens (including phenoxy) is 1. The minimum absolute atomic E-state index is 0.144. The molecule has 0 aliphatic carbocycles. The second-order valence-corrected chi connectivity index (χ2v) is 7.58. The molecule has 0 saturated carbocycles. The van der Waals surface area contributed by atoms with E-state index >= 15 is 0 Å². The number of hydrogen-bond donors (Lipinski definition) is 2. The van der Waals surface area contributed by atoms with Gasteiger partial charge in [-0.05, 0) is 13.8 Å². The van der Waals surface area contributed by atoms with Crippen molar-refractivity contribution < 1.29 is 14.2 Å². The lowest BCUT2D eigenvalue weighted by Crippen LogP contribution is -2.12. The third-order valence-electron chi connectivity index (χ3n) is 2.63. The minimum atomic E-state index is -3.13. The van der Waals surface area contributed by atoms with Crippen LogP contribution in [0.4, 0.5) is 5.82 Å². The van der Waals surface area contributed by atoms with Gasteiger partial charge >= 0.3 is 0 Å². The Kier molecular flexibility index (Phi) is 4.92. The van der Waals surface area contributed by atoms with Crippen LogP contribution >= 0.6 is 7.37 Å². The van der Waals surface area contributed by atoms with Crippen LogP contribution in [0.5, 0.6) is 0 Å². The lowest BCUT2D eigenvalue weighted by Gasteiger charge is -2.09. The molecular weight excluding hydrogens is 293 g/mol. The van der Waals surface area contributed by atoms with E-state index in [9.17, 15) is 4.57 Å². The maximum absolute atomic E-state index is 11.1. The monoisotopic (exact) mass is 313 g/mol. The molecule has 0 spiro atoms. The van der Waals surface area contributed by atoms with Crippen LogP contribution in [0.1, 0.15) is 13.8 Å². The van der Waals surface area contributed by atoms with Gasteiger partial charge in [-0.2, -0.15) is 0 Å². The molecule has 0 aliphatic heterocycles. The van der Waals surface area contributed by atoms with E-state index in [1.165, 1.54) is 13.0 Å². The van der Waals surface area contributed by atoms with Crippen LogP contribution in [-0.2, 0) is 15.8 Å². The van der Waals surface area contributed by atoms with Crippen LogP contribution in [0.3, 0.4) is 0 Å². The molecule has 2 aromatic heterocycles. The Morgan fingerprint density at radius 3 is 2.86 bits per heavy atom. The van der Waals surface area contributed by atoms with Gasteiger partial charge in [-0.3, -0.25) is 4.57 Å². The molecule has 9 heteroatoms. The minimum Gasteiger partial charge on any atom is -0.370 e. The first kappa shape index (κ1) is 15.9. The lowest BCUT2D eigenvalue weighted by atomic mass is 10.4. The van der Waals surface area contributed by atoms with Crippen LogP contribution in [-0.4, -0.2) is 50.1 Å². The Balaban J connectivity index is 2.06. The molecule has 0 radical (unpaired) electrons. The van der Waals surface area contributed by atoms with E-state index in [0.717, 1.165) is 0 Å². The molecule has 2 N–H and O–H groups in total. The van der Waals surface area contributed by atoms with Gasteiger partial charge in [0.15, 0.2) is 11.5 Å². The predicted molar refractivity (Wildman–Crippen MR) is 80.7 cm³/mol. The number of aromatic nitrogens is 4. The second-order valence-electron chi connectivity index (χ2n) is 5.22. The highest BCUT2D eigenvalue weighted by Gasteiger charge is 2.12. The fourth-order valence-electron chi connectivity index (χ4n) is 1.82. The third kappa shape index (κ3) is 4.49. The molecule has 0 amide bonds. The molecule has 1 atom stereocenters. The molecule has 116 valence electrons. The summed E-state index contributed by atoms with van der Waals surface area (Å²) in [6.07, 6.45) is 3.01. The molecule has 2 heterocycles. The van der Waals surface area contributed by atoms with Gasteiger partial charge in [-0.25, -0.2) is 15.0 Å². The highest BCUT2D eigenvalue weighted by molar-refractivity contribution is 7.56. The van der Waals surface area contributed by atoms with Crippen LogP contribution in [0.25, 0.3) is 11.2 Å². The molecule has 0 aliphatic rings. The molecule has 0 aromatic carbocycles. The number of nitrogens with one attached hydrogen (secondary N) is 1. The maximum Gasteiger partial charge on any atom is 0.222 e. The van der Waals surface area contributed by atoms with Gasteiger partial charge < -0.3 is 19.5 Å². The van der Waals surface area contributed by atoms with Gasteiger partial charge in [0, 0.05) is 19.3 Å². The van der Waals surface area contributed by atoms with Crippen molar-refractivity contribution in [2.45, 2.75) is 26.4 Å². The zero-order valence-corrected chi connectivity index (χ0v) is 13.2. The van der Waals surface area contributed by atoms with Gasteiger partial charge in [0.25, 0.3) is 0 Å². The van der Waals surface area contributed by atoms with Crippen LogP contribution in [0, 0.1) is 0 Å². The zero-order valence-electron chi connectivity index (χ0n) is 12.4. The first-order valence-electron chi connectivity index (χ1n) is 6.66. The normalized spacial score (nSPS) is 14.5. The molecule has 8 nitrogen and oxygen atoms in total. The van der Waals surface area contributed by atoms with E-state index in [4.69, 9.17) is 9.63 Å². The Bertz CT molecular complexity index is 651. The molecule has 0 fully saturated rings. The summed E-state index contributed by atoms with van der Waals surface area (Å²) in [4.78, 5) is 21.9. The largest absolute Gasteiger partial charge is 0.370 e. The fourth-order valence-corrected chi connectivity index (χ4v) is 2.29. The summed E-state index contributed by atoms with van der Waals surface area (Å²) in [5, 5.41) is 3.22. The number of anilines is 1. The second kappa shape index (κ2) is 6.51. The first-order chi connectivity index (χ1) is 9.87. The Labute approximate surface area is 123 Å². The number of imidazole rings is 1. The average molecular weight is 313 g/mol. The van der Waals surface area contributed by atoms with Crippen molar-refractivity contribution in [1.29, 1.82) is 0 Å². The van der Waals surface area contributed by atoms with Gasteiger partial charge in [-0.15, -0.1) is 0 Å². The summed E-state index contributed by atoms with van der Waals surface area (Å²) >= 11 is 0. The molecule has 2 rings (SSSR count). The molecule has 2 aromatic rings. The summed E-state index contributed by atoms with van der Waals surface area (Å²) in [5.41, 5.74) is 1.41. The number of nitrogens with zero attached hydrogens (tertiary/aromatic N) is 4. The highest BCUT2D eigenvalue weighted by atomic mass is 31.2. The van der Waals surface area contributed by atoms with Crippen molar-refractivity contribution in [1.82, 2.24) is 19.5 Å². The van der Waals surface area contributed by atoms with E-state index in [1.54, 1.807) is 6.33 Å². The van der Waals surface area contributed by atoms with Crippen molar-refractivity contribution in [2.24, 2.45) is 0 Å². The fraction of sp³-hybridized carbons (Fsp3) is 0.583. The van der Waals surface area contributed by atoms with Crippen molar-refractivity contribution >= 4 is 24.4 Å². The number of rotatable bonds is 7. The molecule has 0 bridgehead atoms. The van der Waals surface area contributed by atoms with Crippen molar-refractivity contribution in [3.05, 3.63) is 12.7 Å². The summed E-state index contributed by atoms with van der Waals surface area (Å²) in [6.45, 7) is 6.15. The Hall–Kier alpha value is -1.50. The van der Waals surface area contributed by atoms with Crippen molar-refractivity contribution in [2.75, 3.05) is 24.9 Å². The summed E-state index contributed by atoms with van der Waals surface area (Å²) in [7, 11) is -3.13. The zero-order chi connectivity index (χ0) is 15.5. The smallest absolute Gasteiger partial charge is 0.222 e. The average Bonchev–Trinajstić information content (AvgIpc) is 2.77. The first-order valence-corrected chi connectivity index (χ1v) is 8.95. The standard InChI is InChI=1S/C12H20N5O3P/c1-9(2)16-11-10-12(14-6-13-11)17(7-15-10)4-5-20-8-21(3,18)19/h6-7,9H,4-5,8H2,1-3H3,(H,18,19)(H,13,14,16). The van der Waals surface area contributed by atoms with Crippen LogP contribution in [0.2, 0.25) is 0 Å². The quantitative estimate of drug-likeness (QED) is 0.590. The molecule has 0 saturated heterocycles. The van der Waals surface area contributed by atoms with E-state index in [-0.39, 0.29) is 12.4 Å². The van der Waals surface area contributed by atoms with Crippen LogP contribution < -0.4 is 5.32 Å².